The first kappa shape index (κ1) is 16.3. The van der Waals surface area contributed by atoms with Crippen LogP contribution in [-0.4, -0.2) is 27.1 Å². The Morgan fingerprint density at radius 3 is 2.71 bits per heavy atom. The molecule has 0 saturated heterocycles. The lowest BCUT2D eigenvalue weighted by Gasteiger charge is -2.11. The van der Waals surface area contributed by atoms with Gasteiger partial charge in [-0.1, -0.05) is 0 Å². The van der Waals surface area contributed by atoms with Gasteiger partial charge in [0, 0.05) is 23.0 Å². The van der Waals surface area contributed by atoms with Crippen molar-refractivity contribution < 1.29 is 9.53 Å². The van der Waals surface area contributed by atoms with Crippen LogP contribution in [0.1, 0.15) is 33.7 Å². The molecule has 0 aliphatic heterocycles. The van der Waals surface area contributed by atoms with Crippen LogP contribution in [0.4, 0.5) is 0 Å². The molecule has 3 rings (SSSR count). The Bertz CT molecular complexity index is 975. The van der Waals surface area contributed by atoms with Crippen molar-refractivity contribution >= 4 is 28.3 Å². The highest BCUT2D eigenvalue weighted by Gasteiger charge is 2.18. The topological polar surface area (TPSA) is 74.1 Å². The highest BCUT2D eigenvalue weighted by molar-refractivity contribution is 7.09. The predicted octanol–water partition coefficient (Wildman–Crippen LogP) is 2.69. The van der Waals surface area contributed by atoms with E-state index in [1.54, 1.807) is 23.6 Å². The molecule has 0 aliphatic carbocycles. The molecule has 0 saturated carbocycles. The number of aromatic nitrogens is 3. The first-order valence-corrected chi connectivity index (χ1v) is 8.46. The van der Waals surface area contributed by atoms with E-state index in [1.165, 1.54) is 17.5 Å². The van der Waals surface area contributed by atoms with Gasteiger partial charge in [0.05, 0.1) is 18.5 Å². The van der Waals surface area contributed by atoms with Crippen molar-refractivity contribution in [2.75, 3.05) is 6.61 Å². The molecule has 24 heavy (non-hydrogen) atoms. The molecule has 0 aromatic carbocycles. The van der Waals surface area contributed by atoms with Gasteiger partial charge in [-0.05, 0) is 32.9 Å². The van der Waals surface area contributed by atoms with Gasteiger partial charge in [-0.15, -0.1) is 11.3 Å². The lowest BCUT2D eigenvalue weighted by molar-refractivity contribution is 0.0524. The van der Waals surface area contributed by atoms with Gasteiger partial charge in [0.25, 0.3) is 0 Å². The quantitative estimate of drug-likeness (QED) is 0.681. The first-order chi connectivity index (χ1) is 11.5. The van der Waals surface area contributed by atoms with Crippen molar-refractivity contribution in [3.05, 3.63) is 55.9 Å². The Labute approximate surface area is 142 Å². The van der Waals surface area contributed by atoms with E-state index in [-0.39, 0.29) is 17.6 Å². The molecule has 3 aromatic heterocycles. The summed E-state index contributed by atoms with van der Waals surface area (Å²) in [6.07, 6.45) is 1.52. The van der Waals surface area contributed by atoms with Crippen LogP contribution in [0.2, 0.25) is 0 Å². The molecule has 3 heterocycles. The van der Waals surface area contributed by atoms with Gasteiger partial charge in [-0.3, -0.25) is 4.79 Å². The number of nitrogens with zero attached hydrogens (tertiary/aromatic N) is 3. The van der Waals surface area contributed by atoms with Gasteiger partial charge in [0.1, 0.15) is 16.2 Å². The molecule has 6 nitrogen and oxygen atoms in total. The number of fused-ring (bicyclic) bond motifs is 1. The monoisotopic (exact) mass is 343 g/mol. The molecule has 0 unspecified atom stereocenters. The maximum Gasteiger partial charge on any atom is 0.343 e. The van der Waals surface area contributed by atoms with Gasteiger partial charge in [0.15, 0.2) is 0 Å². The third kappa shape index (κ3) is 3.07. The summed E-state index contributed by atoms with van der Waals surface area (Å²) in [6, 6.07) is 3.46. The highest BCUT2D eigenvalue weighted by atomic mass is 32.1. The van der Waals surface area contributed by atoms with Crippen molar-refractivity contribution in [1.82, 2.24) is 14.5 Å². The second-order valence-corrected chi connectivity index (χ2v) is 6.37. The fourth-order valence-corrected chi connectivity index (χ4v) is 3.23. The van der Waals surface area contributed by atoms with Gasteiger partial charge in [-0.2, -0.15) is 0 Å². The predicted molar refractivity (Wildman–Crippen MR) is 92.6 cm³/mol. The van der Waals surface area contributed by atoms with Crippen molar-refractivity contribution in [2.24, 2.45) is 0 Å². The maximum absolute atomic E-state index is 12.6. The number of carbonyl (C=O) groups excluding carboxylic acids is 1. The minimum absolute atomic E-state index is 0.0169. The third-order valence-corrected chi connectivity index (χ3v) is 4.48. The summed E-state index contributed by atoms with van der Waals surface area (Å²) in [6.45, 7) is 6.16. The van der Waals surface area contributed by atoms with E-state index in [0.717, 1.165) is 16.4 Å². The normalized spacial score (nSPS) is 11.0. The Kier molecular flexibility index (Phi) is 4.44. The molecule has 0 atom stereocenters. The van der Waals surface area contributed by atoms with Crippen LogP contribution in [0.25, 0.3) is 11.0 Å². The van der Waals surface area contributed by atoms with Crippen LogP contribution >= 0.6 is 11.3 Å². The molecule has 3 aromatic rings. The maximum atomic E-state index is 12.6. The molecule has 0 radical (unpaired) electrons. The summed E-state index contributed by atoms with van der Waals surface area (Å²) in [7, 11) is 0. The average molecular weight is 343 g/mol. The second kappa shape index (κ2) is 6.52. The van der Waals surface area contributed by atoms with Crippen LogP contribution in [0.15, 0.2) is 28.5 Å². The van der Waals surface area contributed by atoms with Crippen molar-refractivity contribution in [2.45, 2.75) is 27.3 Å². The molecule has 0 amide bonds. The summed E-state index contributed by atoms with van der Waals surface area (Å²) in [5.74, 6) is -0.617. The standard InChI is InChI=1S/C17H17N3O3S/c1-4-23-17(22)13-7-20(8-14-18-11(3)9-24-14)16-12(15(13)21)6-5-10(2)19-16/h5-7,9H,4,8H2,1-3H3. The van der Waals surface area contributed by atoms with Crippen LogP contribution in [0.3, 0.4) is 0 Å². The molecule has 0 N–H and O–H groups in total. The molecule has 0 spiro atoms. The van der Waals surface area contributed by atoms with Crippen LogP contribution in [0, 0.1) is 13.8 Å². The lowest BCUT2D eigenvalue weighted by Crippen LogP contribution is -2.22. The zero-order valence-corrected chi connectivity index (χ0v) is 14.5. The number of rotatable bonds is 4. The molecule has 124 valence electrons. The minimum atomic E-state index is -0.617. The van der Waals surface area contributed by atoms with Gasteiger partial charge < -0.3 is 9.30 Å². The van der Waals surface area contributed by atoms with Crippen LogP contribution in [-0.2, 0) is 11.3 Å². The number of hydrogen-bond acceptors (Lipinski definition) is 6. The van der Waals surface area contributed by atoms with Crippen molar-refractivity contribution in [1.29, 1.82) is 0 Å². The Morgan fingerprint density at radius 2 is 2.04 bits per heavy atom. The summed E-state index contributed by atoms with van der Waals surface area (Å²) in [4.78, 5) is 33.6. The van der Waals surface area contributed by atoms with Gasteiger partial charge in [-0.25, -0.2) is 14.8 Å². The zero-order valence-electron chi connectivity index (χ0n) is 13.7. The number of esters is 1. The van der Waals surface area contributed by atoms with E-state index in [1.807, 2.05) is 19.2 Å². The number of thiazole rings is 1. The first-order valence-electron chi connectivity index (χ1n) is 7.58. The molecule has 0 fully saturated rings. The molecule has 7 heteroatoms. The average Bonchev–Trinajstić information content (AvgIpc) is 2.95. The zero-order chi connectivity index (χ0) is 17.3. The summed E-state index contributed by atoms with van der Waals surface area (Å²) in [5, 5.41) is 3.25. The third-order valence-electron chi connectivity index (χ3n) is 3.53. The Balaban J connectivity index is 2.21. The van der Waals surface area contributed by atoms with Gasteiger partial charge in [0.2, 0.25) is 5.43 Å². The second-order valence-electron chi connectivity index (χ2n) is 5.43. The fourth-order valence-electron chi connectivity index (χ4n) is 2.46. The van der Waals surface area contributed by atoms with Crippen LogP contribution < -0.4 is 5.43 Å². The van der Waals surface area contributed by atoms with E-state index in [9.17, 15) is 9.59 Å². The Hall–Kier alpha value is -2.54. The van der Waals surface area contributed by atoms with Crippen molar-refractivity contribution in [3.8, 4) is 0 Å². The van der Waals surface area contributed by atoms with Crippen LogP contribution in [0.5, 0.6) is 0 Å². The highest BCUT2D eigenvalue weighted by Crippen LogP contribution is 2.16. The number of ether oxygens (including phenoxy) is 1. The summed E-state index contributed by atoms with van der Waals surface area (Å²) >= 11 is 1.53. The smallest absolute Gasteiger partial charge is 0.343 e. The summed E-state index contributed by atoms with van der Waals surface area (Å²) < 4.78 is 6.79. The van der Waals surface area contributed by atoms with Gasteiger partial charge >= 0.3 is 5.97 Å². The fraction of sp³-hybridized carbons (Fsp3) is 0.294. The van der Waals surface area contributed by atoms with E-state index in [2.05, 4.69) is 9.97 Å². The molecular formula is C17H17N3O3S. The van der Waals surface area contributed by atoms with E-state index < -0.39 is 5.97 Å². The Morgan fingerprint density at radius 1 is 1.25 bits per heavy atom. The number of aryl methyl sites for hydroxylation is 2. The van der Waals surface area contributed by atoms with E-state index in [0.29, 0.717) is 17.6 Å². The SMILES string of the molecule is CCOC(=O)c1cn(Cc2nc(C)cs2)c2nc(C)ccc2c1=O. The van der Waals surface area contributed by atoms with E-state index in [4.69, 9.17) is 4.74 Å². The molecular weight excluding hydrogens is 326 g/mol. The minimum Gasteiger partial charge on any atom is -0.462 e. The summed E-state index contributed by atoms with van der Waals surface area (Å²) in [5.41, 5.74) is 1.94. The van der Waals surface area contributed by atoms with Crippen molar-refractivity contribution in [3.63, 3.8) is 0 Å². The largest absolute Gasteiger partial charge is 0.462 e. The lowest BCUT2D eigenvalue weighted by atomic mass is 10.2. The number of pyridine rings is 2. The molecule has 0 aliphatic rings. The molecule has 0 bridgehead atoms. The number of carbonyl (C=O) groups is 1. The number of hydrogen-bond donors (Lipinski definition) is 0. The van der Waals surface area contributed by atoms with E-state index >= 15 is 0 Å².